The molecule has 0 saturated carbocycles. The minimum Gasteiger partial charge on any atom is -0.272 e. The highest BCUT2D eigenvalue weighted by atomic mass is 35.5. The molecule has 1 N–H and O–H groups in total. The van der Waals surface area contributed by atoms with E-state index in [0.29, 0.717) is 26.8 Å². The van der Waals surface area contributed by atoms with Crippen LogP contribution in [0.5, 0.6) is 0 Å². The zero-order valence-electron chi connectivity index (χ0n) is 8.85. The van der Waals surface area contributed by atoms with Crippen LogP contribution in [-0.4, -0.2) is 26.5 Å². The summed E-state index contributed by atoms with van der Waals surface area (Å²) in [5.41, 5.74) is 3.44. The van der Waals surface area contributed by atoms with Crippen molar-refractivity contribution in [1.82, 2.24) is 14.9 Å². The van der Waals surface area contributed by atoms with Crippen molar-refractivity contribution in [2.45, 2.75) is 5.16 Å². The van der Waals surface area contributed by atoms with Gasteiger partial charge in [0.15, 0.2) is 5.82 Å². The Hall–Kier alpha value is -1.24. The highest BCUT2D eigenvalue weighted by Crippen LogP contribution is 2.30. The van der Waals surface area contributed by atoms with E-state index in [1.807, 2.05) is 0 Å². The molecule has 0 fully saturated rings. The van der Waals surface area contributed by atoms with Crippen molar-refractivity contribution >= 4 is 40.9 Å². The van der Waals surface area contributed by atoms with Gasteiger partial charge in [0.05, 0.1) is 15.8 Å². The largest absolute Gasteiger partial charge is 0.272 e. The number of hydrogen-bond acceptors (Lipinski definition) is 4. The summed E-state index contributed by atoms with van der Waals surface area (Å²) < 4.78 is 1.55. The predicted molar refractivity (Wildman–Crippen MR) is 70.6 cm³/mol. The Labute approximate surface area is 116 Å². The number of halogens is 2. The second-order valence-corrected chi connectivity index (χ2v) is 5.35. The molecule has 0 spiro atoms. The molecule has 18 heavy (non-hydrogen) atoms. The smallest absolute Gasteiger partial charge is 0.249 e. The van der Waals surface area contributed by atoms with Gasteiger partial charge in [0.25, 0.3) is 0 Å². The molecule has 1 amide bonds. The van der Waals surface area contributed by atoms with Gasteiger partial charge in [0, 0.05) is 5.56 Å². The first-order valence-electron chi connectivity index (χ1n) is 4.98. The van der Waals surface area contributed by atoms with E-state index in [-0.39, 0.29) is 5.91 Å². The number of carbonyl (C=O) groups excluding carboxylic acids is 1. The van der Waals surface area contributed by atoms with Crippen LogP contribution < -0.4 is 5.43 Å². The highest BCUT2D eigenvalue weighted by molar-refractivity contribution is 7.99. The topological polar surface area (TPSA) is 59.8 Å². The monoisotopic (exact) mass is 300 g/mol. The number of hydrogen-bond donors (Lipinski definition) is 1. The molecule has 5 nitrogen and oxygen atoms in total. The number of thioether (sulfide) groups is 1. The lowest BCUT2D eigenvalue weighted by Crippen LogP contribution is -2.29. The van der Waals surface area contributed by atoms with Gasteiger partial charge in [-0.1, -0.05) is 35.0 Å². The predicted octanol–water partition coefficient (Wildman–Crippen LogP) is 2.43. The molecule has 92 valence electrons. The Morgan fingerprint density at radius 1 is 1.28 bits per heavy atom. The van der Waals surface area contributed by atoms with Gasteiger partial charge in [-0.2, -0.15) is 0 Å². The van der Waals surface area contributed by atoms with Crippen LogP contribution in [0, 0.1) is 0 Å². The van der Waals surface area contributed by atoms with E-state index in [9.17, 15) is 4.79 Å². The van der Waals surface area contributed by atoms with Gasteiger partial charge in [-0.15, -0.1) is 10.2 Å². The van der Waals surface area contributed by atoms with Gasteiger partial charge < -0.3 is 0 Å². The molecular formula is C10H6Cl2N4OS. The number of nitrogens with one attached hydrogen (secondary N) is 1. The fourth-order valence-corrected chi connectivity index (χ4v) is 2.56. The molecule has 1 aliphatic rings. The maximum atomic E-state index is 11.4. The lowest BCUT2D eigenvalue weighted by atomic mass is 10.2. The number of nitrogens with zero attached hydrogens (tertiary/aromatic N) is 3. The number of carbonyl (C=O) groups is 1. The van der Waals surface area contributed by atoms with E-state index in [1.165, 1.54) is 11.8 Å². The molecule has 0 atom stereocenters. The van der Waals surface area contributed by atoms with Crippen LogP contribution in [0.15, 0.2) is 23.4 Å². The third-order valence-electron chi connectivity index (χ3n) is 2.38. The molecule has 0 radical (unpaired) electrons. The first-order valence-corrected chi connectivity index (χ1v) is 6.73. The lowest BCUT2D eigenvalue weighted by Gasteiger charge is -2.15. The number of fused-ring (bicyclic) bond motifs is 1. The van der Waals surface area contributed by atoms with Crippen LogP contribution in [-0.2, 0) is 4.79 Å². The molecule has 3 rings (SSSR count). The molecule has 1 aromatic heterocycles. The fourth-order valence-electron chi connectivity index (χ4n) is 1.57. The number of aromatic nitrogens is 3. The normalized spacial score (nSPS) is 14.2. The van der Waals surface area contributed by atoms with Gasteiger partial charge >= 0.3 is 0 Å². The average molecular weight is 301 g/mol. The summed E-state index contributed by atoms with van der Waals surface area (Å²) in [6, 6.07) is 5.14. The fraction of sp³-hybridized carbons (Fsp3) is 0.100. The zero-order chi connectivity index (χ0) is 12.7. The molecule has 0 aliphatic carbocycles. The SMILES string of the molecule is O=C1CSc2nnc(-c3ccc(Cl)c(Cl)c3)n2N1. The van der Waals surface area contributed by atoms with Gasteiger partial charge in [-0.05, 0) is 18.2 Å². The van der Waals surface area contributed by atoms with Crippen LogP contribution in [0.2, 0.25) is 10.0 Å². The Morgan fingerprint density at radius 3 is 2.89 bits per heavy atom. The van der Waals surface area contributed by atoms with E-state index in [2.05, 4.69) is 15.6 Å². The van der Waals surface area contributed by atoms with Crippen molar-refractivity contribution in [3.05, 3.63) is 28.2 Å². The molecule has 0 bridgehead atoms. The summed E-state index contributed by atoms with van der Waals surface area (Å²) in [6.07, 6.45) is 0. The average Bonchev–Trinajstić information content (AvgIpc) is 2.75. The summed E-state index contributed by atoms with van der Waals surface area (Å²) in [5, 5.41) is 9.60. The third-order valence-corrected chi connectivity index (χ3v) is 4.05. The Balaban J connectivity index is 2.09. The van der Waals surface area contributed by atoms with Gasteiger partial charge in [0.2, 0.25) is 11.1 Å². The molecule has 0 unspecified atom stereocenters. The van der Waals surface area contributed by atoms with Gasteiger partial charge in [0.1, 0.15) is 0 Å². The minimum atomic E-state index is -0.0892. The van der Waals surface area contributed by atoms with E-state index >= 15 is 0 Å². The maximum Gasteiger partial charge on any atom is 0.249 e. The second kappa shape index (κ2) is 4.46. The lowest BCUT2D eigenvalue weighted by molar-refractivity contribution is -0.114. The van der Waals surface area contributed by atoms with Crippen LogP contribution in [0.25, 0.3) is 11.4 Å². The number of benzene rings is 1. The van der Waals surface area contributed by atoms with Crippen molar-refractivity contribution in [2.24, 2.45) is 0 Å². The quantitative estimate of drug-likeness (QED) is 0.879. The standard InChI is InChI=1S/C10H6Cl2N4OS/c11-6-2-1-5(3-7(6)12)9-13-14-10-16(9)15-8(17)4-18-10/h1-3H,4H2,(H,15,17). The number of rotatable bonds is 1. The van der Waals surface area contributed by atoms with E-state index in [1.54, 1.807) is 22.9 Å². The highest BCUT2D eigenvalue weighted by Gasteiger charge is 2.21. The van der Waals surface area contributed by atoms with Crippen molar-refractivity contribution in [3.8, 4) is 11.4 Å². The van der Waals surface area contributed by atoms with Crippen molar-refractivity contribution in [1.29, 1.82) is 0 Å². The van der Waals surface area contributed by atoms with E-state index in [4.69, 9.17) is 23.2 Å². The van der Waals surface area contributed by atoms with Crippen molar-refractivity contribution in [2.75, 3.05) is 11.2 Å². The molecule has 2 heterocycles. The third kappa shape index (κ3) is 1.96. The molecule has 8 heteroatoms. The zero-order valence-corrected chi connectivity index (χ0v) is 11.2. The summed E-state index contributed by atoms with van der Waals surface area (Å²) >= 11 is 13.2. The summed E-state index contributed by atoms with van der Waals surface area (Å²) in [5.74, 6) is 0.789. The van der Waals surface area contributed by atoms with Crippen molar-refractivity contribution in [3.63, 3.8) is 0 Å². The molecular weight excluding hydrogens is 295 g/mol. The van der Waals surface area contributed by atoms with Crippen LogP contribution in [0.4, 0.5) is 0 Å². The van der Waals surface area contributed by atoms with Crippen molar-refractivity contribution < 1.29 is 4.79 Å². The van der Waals surface area contributed by atoms with Crippen LogP contribution in [0.1, 0.15) is 0 Å². The Kier molecular flexibility index (Phi) is 2.93. The molecule has 0 saturated heterocycles. The Morgan fingerprint density at radius 2 is 2.11 bits per heavy atom. The van der Waals surface area contributed by atoms with Crippen LogP contribution in [0.3, 0.4) is 0 Å². The van der Waals surface area contributed by atoms with Gasteiger partial charge in [-0.25, -0.2) is 4.68 Å². The molecule has 2 aromatic rings. The summed E-state index contributed by atoms with van der Waals surface area (Å²) in [7, 11) is 0. The van der Waals surface area contributed by atoms with E-state index < -0.39 is 0 Å². The first kappa shape index (κ1) is 11.8. The van der Waals surface area contributed by atoms with E-state index in [0.717, 1.165) is 5.56 Å². The number of amides is 1. The summed E-state index contributed by atoms with van der Waals surface area (Å²) in [4.78, 5) is 11.4. The Bertz CT molecular complexity index is 643. The second-order valence-electron chi connectivity index (χ2n) is 3.59. The minimum absolute atomic E-state index is 0.0892. The van der Waals surface area contributed by atoms with Crippen LogP contribution >= 0.6 is 35.0 Å². The maximum absolute atomic E-state index is 11.4. The molecule has 1 aliphatic heterocycles. The first-order chi connectivity index (χ1) is 8.65. The van der Waals surface area contributed by atoms with Gasteiger partial charge in [-0.3, -0.25) is 10.2 Å². The summed E-state index contributed by atoms with van der Waals surface area (Å²) in [6.45, 7) is 0. The molecule has 1 aromatic carbocycles.